The summed E-state index contributed by atoms with van der Waals surface area (Å²) in [4.78, 5) is 21.9. The number of carbonyl (C=O) groups is 2. The van der Waals surface area contributed by atoms with E-state index >= 15 is 0 Å². The van der Waals surface area contributed by atoms with Gasteiger partial charge in [0.25, 0.3) is 0 Å². The van der Waals surface area contributed by atoms with Crippen LogP contribution < -0.4 is 4.74 Å². The molecule has 1 aromatic rings. The number of ketones is 1. The zero-order valence-corrected chi connectivity index (χ0v) is 10.6. The summed E-state index contributed by atoms with van der Waals surface area (Å²) in [5.41, 5.74) is -0.140. The van der Waals surface area contributed by atoms with E-state index in [1.54, 1.807) is 0 Å². The number of hydrogen-bond acceptors (Lipinski definition) is 3. The number of rotatable bonds is 5. The highest BCUT2D eigenvalue weighted by atomic mass is 79.9. The summed E-state index contributed by atoms with van der Waals surface area (Å²) in [6.07, 6.45) is -0.549. The molecule has 0 unspecified atom stereocenters. The zero-order chi connectivity index (χ0) is 13.0. The van der Waals surface area contributed by atoms with Gasteiger partial charge in [0.2, 0.25) is 0 Å². The fourth-order valence-electron chi connectivity index (χ4n) is 1.25. The van der Waals surface area contributed by atoms with Crippen LogP contribution in [0.25, 0.3) is 0 Å². The molecule has 0 aliphatic heterocycles. The molecule has 0 radical (unpaired) electrons. The minimum absolute atomic E-state index is 0.140. The number of aliphatic carboxylic acids is 1. The maximum Gasteiger partial charge on any atom is 0.303 e. The first-order valence-corrected chi connectivity index (χ1v) is 5.53. The van der Waals surface area contributed by atoms with Crippen molar-refractivity contribution in [3.63, 3.8) is 0 Å². The summed E-state index contributed by atoms with van der Waals surface area (Å²) in [6.45, 7) is 0. The predicted molar refractivity (Wildman–Crippen MR) is 61.9 cm³/mol. The lowest BCUT2D eigenvalue weighted by atomic mass is 10.1. The number of carboxylic acids is 1. The third-order valence-corrected chi connectivity index (χ3v) is 2.73. The topological polar surface area (TPSA) is 63.6 Å². The van der Waals surface area contributed by atoms with Gasteiger partial charge in [-0.05, 0) is 22.0 Å². The first-order valence-electron chi connectivity index (χ1n) is 4.73. The molecule has 1 rings (SSSR count). The van der Waals surface area contributed by atoms with Crippen molar-refractivity contribution in [3.8, 4) is 5.75 Å². The number of hydrogen-bond donors (Lipinski definition) is 1. The average molecular weight is 305 g/mol. The van der Waals surface area contributed by atoms with E-state index in [4.69, 9.17) is 9.84 Å². The first-order chi connectivity index (χ1) is 7.95. The molecule has 1 aromatic carbocycles. The van der Waals surface area contributed by atoms with Crippen molar-refractivity contribution in [1.82, 2.24) is 0 Å². The van der Waals surface area contributed by atoms with Crippen molar-refractivity contribution in [2.75, 3.05) is 7.11 Å². The Kier molecular flexibility index (Phi) is 4.62. The largest absolute Gasteiger partial charge is 0.495 e. The molecule has 0 amide bonds. The van der Waals surface area contributed by atoms with Gasteiger partial charge in [0.15, 0.2) is 5.78 Å². The highest BCUT2D eigenvalue weighted by Crippen LogP contribution is 2.28. The normalized spacial score (nSPS) is 10.1. The summed E-state index contributed by atoms with van der Waals surface area (Å²) in [7, 11) is 1.38. The van der Waals surface area contributed by atoms with Gasteiger partial charge in [0.1, 0.15) is 11.6 Å². The fourth-order valence-corrected chi connectivity index (χ4v) is 1.76. The van der Waals surface area contributed by atoms with Crippen LogP contribution >= 0.6 is 15.9 Å². The third-order valence-electron chi connectivity index (χ3n) is 2.11. The van der Waals surface area contributed by atoms with Crippen LogP contribution in [-0.2, 0) is 4.79 Å². The molecule has 0 aliphatic carbocycles. The van der Waals surface area contributed by atoms with Gasteiger partial charge in [-0.2, -0.15) is 0 Å². The van der Waals surface area contributed by atoms with Crippen LogP contribution in [0.5, 0.6) is 5.75 Å². The molecule has 4 nitrogen and oxygen atoms in total. The monoisotopic (exact) mass is 304 g/mol. The maximum absolute atomic E-state index is 13.5. The van der Waals surface area contributed by atoms with Crippen LogP contribution in [0.15, 0.2) is 16.6 Å². The Hall–Kier alpha value is -1.43. The number of ether oxygens (including phenoxy) is 1. The highest BCUT2D eigenvalue weighted by Gasteiger charge is 2.16. The molecule has 0 spiro atoms. The van der Waals surface area contributed by atoms with E-state index in [0.29, 0.717) is 4.47 Å². The molecule has 0 bridgehead atoms. The van der Waals surface area contributed by atoms with E-state index in [2.05, 4.69) is 15.9 Å². The van der Waals surface area contributed by atoms with E-state index < -0.39 is 17.6 Å². The molecule has 6 heteroatoms. The first kappa shape index (κ1) is 13.6. The molecule has 0 aromatic heterocycles. The standard InChI is InChI=1S/C11H10BrFO4/c1-17-10-5-8(13)6(4-7(10)12)9(14)2-3-11(15)16/h4-5H,2-3H2,1H3,(H,15,16). The Morgan fingerprint density at radius 3 is 2.59 bits per heavy atom. The van der Waals surface area contributed by atoms with Crippen LogP contribution in [0, 0.1) is 5.82 Å². The van der Waals surface area contributed by atoms with Crippen molar-refractivity contribution in [2.24, 2.45) is 0 Å². The van der Waals surface area contributed by atoms with Crippen LogP contribution in [0.1, 0.15) is 23.2 Å². The minimum Gasteiger partial charge on any atom is -0.495 e. The Bertz CT molecular complexity index is 459. The molecule has 0 atom stereocenters. The Morgan fingerprint density at radius 2 is 2.06 bits per heavy atom. The molecule has 92 valence electrons. The van der Waals surface area contributed by atoms with E-state index in [1.807, 2.05) is 0 Å². The van der Waals surface area contributed by atoms with Gasteiger partial charge in [-0.25, -0.2) is 4.39 Å². The lowest BCUT2D eigenvalue weighted by Crippen LogP contribution is -2.06. The van der Waals surface area contributed by atoms with Crippen LogP contribution in [0.2, 0.25) is 0 Å². The molecule has 0 aliphatic rings. The number of carboxylic acid groups (broad SMARTS) is 1. The number of carbonyl (C=O) groups excluding carboxylic acids is 1. The molecule has 17 heavy (non-hydrogen) atoms. The fraction of sp³-hybridized carbons (Fsp3) is 0.273. The zero-order valence-electron chi connectivity index (χ0n) is 9.00. The SMILES string of the molecule is COc1cc(F)c(C(=O)CCC(=O)O)cc1Br. The molecule has 0 saturated heterocycles. The average Bonchev–Trinajstić information content (AvgIpc) is 2.28. The quantitative estimate of drug-likeness (QED) is 0.849. The van der Waals surface area contributed by atoms with Gasteiger partial charge in [-0.15, -0.1) is 0 Å². The Labute approximate surface area is 106 Å². The van der Waals surface area contributed by atoms with E-state index in [9.17, 15) is 14.0 Å². The number of methoxy groups -OCH3 is 1. The predicted octanol–water partition coefficient (Wildman–Crippen LogP) is 2.64. The van der Waals surface area contributed by atoms with Crippen LogP contribution in [0.3, 0.4) is 0 Å². The number of Topliss-reactive ketones (excluding diaryl/α,β-unsaturated/α-hetero) is 1. The molecular formula is C11H10BrFO4. The van der Waals surface area contributed by atoms with Gasteiger partial charge in [-0.3, -0.25) is 9.59 Å². The van der Waals surface area contributed by atoms with Crippen LogP contribution in [-0.4, -0.2) is 24.0 Å². The van der Waals surface area contributed by atoms with E-state index in [0.717, 1.165) is 6.07 Å². The van der Waals surface area contributed by atoms with E-state index in [1.165, 1.54) is 13.2 Å². The van der Waals surface area contributed by atoms with Crippen molar-refractivity contribution < 1.29 is 23.8 Å². The van der Waals surface area contributed by atoms with Crippen molar-refractivity contribution >= 4 is 27.7 Å². The third kappa shape index (κ3) is 3.52. The summed E-state index contributed by atoms with van der Waals surface area (Å²) in [6, 6.07) is 2.37. The van der Waals surface area contributed by atoms with E-state index in [-0.39, 0.29) is 24.2 Å². The van der Waals surface area contributed by atoms with Gasteiger partial charge < -0.3 is 9.84 Å². The molecule has 0 fully saturated rings. The van der Waals surface area contributed by atoms with Crippen LogP contribution in [0.4, 0.5) is 4.39 Å². The lowest BCUT2D eigenvalue weighted by molar-refractivity contribution is -0.136. The molecule has 0 heterocycles. The van der Waals surface area contributed by atoms with Gasteiger partial charge in [0.05, 0.1) is 23.6 Å². The summed E-state index contributed by atoms with van der Waals surface area (Å²) in [5, 5.41) is 8.44. The summed E-state index contributed by atoms with van der Waals surface area (Å²) >= 11 is 3.13. The number of halogens is 2. The Balaban J connectivity index is 2.94. The second-order valence-corrected chi connectivity index (χ2v) is 4.14. The minimum atomic E-state index is -1.09. The summed E-state index contributed by atoms with van der Waals surface area (Å²) < 4.78 is 18.8. The Morgan fingerprint density at radius 1 is 1.41 bits per heavy atom. The van der Waals surface area contributed by atoms with Crippen molar-refractivity contribution in [2.45, 2.75) is 12.8 Å². The van der Waals surface area contributed by atoms with Crippen molar-refractivity contribution in [3.05, 3.63) is 28.0 Å². The summed E-state index contributed by atoms with van der Waals surface area (Å²) in [5.74, 6) is -2.09. The second-order valence-electron chi connectivity index (χ2n) is 3.28. The smallest absolute Gasteiger partial charge is 0.303 e. The lowest BCUT2D eigenvalue weighted by Gasteiger charge is -2.07. The van der Waals surface area contributed by atoms with Gasteiger partial charge >= 0.3 is 5.97 Å². The maximum atomic E-state index is 13.5. The molecule has 0 saturated carbocycles. The van der Waals surface area contributed by atoms with Gasteiger partial charge in [0, 0.05) is 12.5 Å². The van der Waals surface area contributed by atoms with Gasteiger partial charge in [-0.1, -0.05) is 0 Å². The number of benzene rings is 1. The second kappa shape index (κ2) is 5.77. The highest BCUT2D eigenvalue weighted by molar-refractivity contribution is 9.10. The van der Waals surface area contributed by atoms with Crippen molar-refractivity contribution in [1.29, 1.82) is 0 Å². The molecular weight excluding hydrogens is 295 g/mol. The molecule has 1 N–H and O–H groups in total.